The van der Waals surface area contributed by atoms with Crippen LogP contribution in [0.2, 0.25) is 0 Å². The van der Waals surface area contributed by atoms with Crippen molar-refractivity contribution in [2.24, 2.45) is 0 Å². The molecule has 1 aliphatic carbocycles. The first-order chi connectivity index (χ1) is 20.0. The van der Waals surface area contributed by atoms with Crippen molar-refractivity contribution >= 4 is 46.4 Å². The molecule has 1 aromatic heterocycles. The van der Waals surface area contributed by atoms with Crippen LogP contribution in [0.1, 0.15) is 46.5 Å². The Balaban J connectivity index is 0.000000287. The van der Waals surface area contributed by atoms with E-state index in [1.54, 1.807) is 23.5 Å². The molecule has 2 atom stereocenters. The van der Waals surface area contributed by atoms with E-state index in [1.807, 2.05) is 67.6 Å². The van der Waals surface area contributed by atoms with E-state index < -0.39 is 0 Å². The molecule has 6 rings (SSSR count). The molecule has 0 N–H and O–H groups in total. The van der Waals surface area contributed by atoms with Gasteiger partial charge >= 0.3 is 0 Å². The van der Waals surface area contributed by atoms with E-state index in [9.17, 15) is 9.59 Å². The number of hydrogen-bond acceptors (Lipinski definition) is 7. The van der Waals surface area contributed by atoms with Gasteiger partial charge in [-0.2, -0.15) is 0 Å². The zero-order valence-electron chi connectivity index (χ0n) is 23.7. The van der Waals surface area contributed by atoms with Gasteiger partial charge in [0.05, 0.1) is 29.0 Å². The molecular weight excluding hydrogens is 551 g/mol. The third kappa shape index (κ3) is 5.95. The molecule has 0 radical (unpaired) electrons. The monoisotopic (exact) mass is 585 g/mol. The molecule has 5 nitrogen and oxygen atoms in total. The number of Topliss-reactive ketones (excluding diaryl/α,β-unsaturated/α-hetero) is 1. The molecule has 2 heterocycles. The molecule has 0 amide bonds. The fraction of sp³-hybridized carbons (Fsp3) is 0.294. The first kappa shape index (κ1) is 29.4. The Morgan fingerprint density at radius 3 is 2.29 bits per heavy atom. The number of rotatable bonds is 6. The number of ketones is 1. The minimum atomic E-state index is -0.380. The molecule has 1 fully saturated rings. The normalized spacial score (nSPS) is 20.2. The number of nitrogens with zero attached hydrogens (tertiary/aromatic N) is 1. The van der Waals surface area contributed by atoms with Crippen LogP contribution in [0.15, 0.2) is 99.0 Å². The van der Waals surface area contributed by atoms with Gasteiger partial charge in [-0.1, -0.05) is 61.5 Å². The van der Waals surface area contributed by atoms with Gasteiger partial charge in [0.15, 0.2) is 11.2 Å². The SMILES string of the molecule is CCC(=O)c1ccccc1.CSc1ccc(C2c3c(oc4ccccc4c3=O)C=CC2(SC)N2CCOCC2)cc1. The largest absolute Gasteiger partial charge is 0.456 e. The summed E-state index contributed by atoms with van der Waals surface area (Å²) in [5.74, 6) is 0.735. The first-order valence-corrected chi connectivity index (χ1v) is 16.3. The number of thioether (sulfide) groups is 2. The van der Waals surface area contributed by atoms with Crippen LogP contribution in [0.3, 0.4) is 0 Å². The molecule has 41 heavy (non-hydrogen) atoms. The van der Waals surface area contributed by atoms with Gasteiger partial charge in [0.25, 0.3) is 0 Å². The lowest BCUT2D eigenvalue weighted by molar-refractivity contribution is 0.0145. The Hall–Kier alpha value is -3.10. The van der Waals surface area contributed by atoms with Crippen LogP contribution in [0.25, 0.3) is 17.0 Å². The number of fused-ring (bicyclic) bond motifs is 2. The van der Waals surface area contributed by atoms with Gasteiger partial charge in [0.2, 0.25) is 0 Å². The molecule has 3 aromatic carbocycles. The van der Waals surface area contributed by atoms with E-state index in [0.717, 1.165) is 29.8 Å². The highest BCUT2D eigenvalue weighted by Crippen LogP contribution is 2.50. The standard InChI is InChI=1S/C25H25NO3S2.C9H10O/c1-30-18-9-7-17(8-10-18)23-22-21(29-20-6-4-3-5-19(20)24(22)27)11-12-25(23,31-2)26-13-15-28-16-14-26;1-2-9(10)8-6-4-3-5-7-8/h3-12,23H,13-16H2,1-2H3;3-7H,2H2,1H3. The molecule has 1 aliphatic heterocycles. The zero-order chi connectivity index (χ0) is 28.8. The molecule has 1 saturated heterocycles. The lowest BCUT2D eigenvalue weighted by Crippen LogP contribution is -2.55. The minimum absolute atomic E-state index is 0.0619. The molecular formula is C34H35NO4S2. The summed E-state index contributed by atoms with van der Waals surface area (Å²) in [6, 6.07) is 25.5. The van der Waals surface area contributed by atoms with Gasteiger partial charge in [-0.3, -0.25) is 14.5 Å². The predicted octanol–water partition coefficient (Wildman–Crippen LogP) is 7.34. The highest BCUT2D eigenvalue weighted by Gasteiger charge is 2.48. The number of carbonyl (C=O) groups excluding carboxylic acids is 1. The van der Waals surface area contributed by atoms with Gasteiger partial charge in [0.1, 0.15) is 11.3 Å². The summed E-state index contributed by atoms with van der Waals surface area (Å²) < 4.78 is 11.9. The number of morpholine rings is 1. The quantitative estimate of drug-likeness (QED) is 0.173. The van der Waals surface area contributed by atoms with Crippen LogP contribution in [0.4, 0.5) is 0 Å². The van der Waals surface area contributed by atoms with Crippen molar-refractivity contribution in [1.29, 1.82) is 0 Å². The number of ether oxygens (including phenoxy) is 1. The molecule has 0 spiro atoms. The van der Waals surface area contributed by atoms with Crippen molar-refractivity contribution in [3.8, 4) is 0 Å². The van der Waals surface area contributed by atoms with E-state index in [4.69, 9.17) is 9.15 Å². The minimum Gasteiger partial charge on any atom is -0.456 e. The second-order valence-corrected chi connectivity index (χ2v) is 11.9. The zero-order valence-corrected chi connectivity index (χ0v) is 25.3. The number of hydrogen-bond donors (Lipinski definition) is 0. The van der Waals surface area contributed by atoms with Crippen molar-refractivity contribution in [3.05, 3.63) is 118 Å². The smallest absolute Gasteiger partial charge is 0.197 e. The number of carbonyl (C=O) groups is 1. The summed E-state index contributed by atoms with van der Waals surface area (Å²) in [5.41, 5.74) is 3.39. The highest BCUT2D eigenvalue weighted by atomic mass is 32.2. The van der Waals surface area contributed by atoms with Gasteiger partial charge in [-0.25, -0.2) is 0 Å². The molecule has 0 bridgehead atoms. The fourth-order valence-corrected chi connectivity index (χ4v) is 7.16. The summed E-state index contributed by atoms with van der Waals surface area (Å²) in [6.07, 6.45) is 9.03. The summed E-state index contributed by atoms with van der Waals surface area (Å²) >= 11 is 3.51. The first-order valence-electron chi connectivity index (χ1n) is 13.9. The van der Waals surface area contributed by atoms with Gasteiger partial charge in [-0.05, 0) is 54.5 Å². The topological polar surface area (TPSA) is 59.8 Å². The Labute approximate surface area is 250 Å². The van der Waals surface area contributed by atoms with E-state index in [2.05, 4.69) is 47.8 Å². The maximum Gasteiger partial charge on any atom is 0.197 e. The number of benzene rings is 3. The van der Waals surface area contributed by atoms with Crippen LogP contribution < -0.4 is 5.43 Å². The van der Waals surface area contributed by atoms with Crippen LogP contribution in [0, 0.1) is 0 Å². The van der Waals surface area contributed by atoms with Crippen LogP contribution in [0.5, 0.6) is 0 Å². The number of para-hydroxylation sites is 1. The second kappa shape index (κ2) is 13.3. The third-order valence-electron chi connectivity index (χ3n) is 7.74. The summed E-state index contributed by atoms with van der Waals surface area (Å²) in [4.78, 5) is 28.1. The second-order valence-electron chi connectivity index (χ2n) is 9.94. The van der Waals surface area contributed by atoms with Crippen LogP contribution in [-0.2, 0) is 4.74 Å². The predicted molar refractivity (Wildman–Crippen MR) is 171 cm³/mol. The van der Waals surface area contributed by atoms with E-state index in [1.165, 1.54) is 4.90 Å². The third-order valence-corrected chi connectivity index (χ3v) is 9.76. The fourth-order valence-electron chi connectivity index (χ4n) is 5.61. The van der Waals surface area contributed by atoms with Crippen molar-refractivity contribution in [2.45, 2.75) is 29.0 Å². The molecule has 2 aliphatic rings. The summed E-state index contributed by atoms with van der Waals surface area (Å²) in [5, 5.41) is 0.638. The Morgan fingerprint density at radius 2 is 1.63 bits per heavy atom. The maximum absolute atomic E-state index is 13.8. The lowest BCUT2D eigenvalue weighted by Gasteiger charge is -2.49. The van der Waals surface area contributed by atoms with E-state index in [0.29, 0.717) is 36.4 Å². The van der Waals surface area contributed by atoms with Gasteiger partial charge in [-0.15, -0.1) is 23.5 Å². The average Bonchev–Trinajstić information content (AvgIpc) is 3.05. The molecule has 2 unspecified atom stereocenters. The van der Waals surface area contributed by atoms with E-state index >= 15 is 0 Å². The van der Waals surface area contributed by atoms with E-state index in [-0.39, 0.29) is 22.0 Å². The highest BCUT2D eigenvalue weighted by molar-refractivity contribution is 8.00. The molecule has 7 heteroatoms. The van der Waals surface area contributed by atoms with Gasteiger partial charge in [0, 0.05) is 35.9 Å². The van der Waals surface area contributed by atoms with Gasteiger partial charge < -0.3 is 9.15 Å². The Kier molecular flexibility index (Phi) is 9.50. The molecule has 0 saturated carbocycles. The average molecular weight is 586 g/mol. The van der Waals surface area contributed by atoms with Crippen molar-refractivity contribution in [1.82, 2.24) is 4.90 Å². The van der Waals surface area contributed by atoms with Crippen LogP contribution in [-0.4, -0.2) is 54.4 Å². The maximum atomic E-state index is 13.8. The van der Waals surface area contributed by atoms with Crippen molar-refractivity contribution in [3.63, 3.8) is 0 Å². The van der Waals surface area contributed by atoms with Crippen molar-refractivity contribution < 1.29 is 13.9 Å². The lowest BCUT2D eigenvalue weighted by atomic mass is 9.79. The van der Waals surface area contributed by atoms with Crippen molar-refractivity contribution in [2.75, 3.05) is 38.8 Å². The Morgan fingerprint density at radius 1 is 0.951 bits per heavy atom. The molecule has 4 aromatic rings. The Bertz CT molecular complexity index is 1580. The summed E-state index contributed by atoms with van der Waals surface area (Å²) in [6.45, 7) is 4.94. The molecule has 212 valence electrons. The van der Waals surface area contributed by atoms with Crippen LogP contribution >= 0.6 is 23.5 Å². The summed E-state index contributed by atoms with van der Waals surface area (Å²) in [7, 11) is 0.